The molecular weight excluding hydrogens is 220 g/mol. The van der Waals surface area contributed by atoms with Crippen LogP contribution in [0.2, 0.25) is 0 Å². The second-order valence-electron chi connectivity index (χ2n) is 4.10. The van der Waals surface area contributed by atoms with Crippen molar-refractivity contribution in [2.24, 2.45) is 0 Å². The lowest BCUT2D eigenvalue weighted by Gasteiger charge is -2.13. The molecule has 0 unspecified atom stereocenters. The molecule has 0 heterocycles. The van der Waals surface area contributed by atoms with Gasteiger partial charge in [-0.15, -0.1) is 0 Å². The van der Waals surface area contributed by atoms with Crippen molar-refractivity contribution >= 4 is 10.8 Å². The van der Waals surface area contributed by atoms with Gasteiger partial charge in [-0.25, -0.2) is 8.78 Å². The second kappa shape index (κ2) is 4.14. The number of hydrogen-bond acceptors (Lipinski definition) is 1. The normalized spacial score (nSPS) is 11.4. The second-order valence-corrected chi connectivity index (χ2v) is 4.10. The molecule has 0 N–H and O–H groups in total. The molecule has 0 fully saturated rings. The molecule has 1 nitrogen and oxygen atoms in total. The van der Waals surface area contributed by atoms with Crippen LogP contribution in [0, 0.1) is 18.3 Å². The Morgan fingerprint density at radius 3 is 2.47 bits per heavy atom. The molecule has 0 aromatic heterocycles. The fourth-order valence-corrected chi connectivity index (χ4v) is 1.79. The largest absolute Gasteiger partial charge is 0.286 e. The van der Waals surface area contributed by atoms with Crippen LogP contribution in [0.15, 0.2) is 36.4 Å². The molecule has 0 saturated heterocycles. The summed E-state index contributed by atoms with van der Waals surface area (Å²) >= 11 is 0. The highest BCUT2D eigenvalue weighted by atomic mass is 19.3. The van der Waals surface area contributed by atoms with Gasteiger partial charge in [0.2, 0.25) is 0 Å². The minimum atomic E-state index is -3.08. The first-order valence-corrected chi connectivity index (χ1v) is 5.28. The molecule has 2 rings (SSSR count). The zero-order valence-electron chi connectivity index (χ0n) is 9.37. The van der Waals surface area contributed by atoms with Crippen LogP contribution in [0.3, 0.4) is 0 Å². The summed E-state index contributed by atoms with van der Waals surface area (Å²) in [6.45, 7) is 1.96. The summed E-state index contributed by atoms with van der Waals surface area (Å²) in [6.07, 6.45) is -0.787. The van der Waals surface area contributed by atoms with Crippen LogP contribution in [0.4, 0.5) is 8.78 Å². The summed E-state index contributed by atoms with van der Waals surface area (Å²) in [4.78, 5) is 0. The number of hydrogen-bond donors (Lipinski definition) is 0. The maximum Gasteiger partial charge on any atom is 0.286 e. The van der Waals surface area contributed by atoms with Gasteiger partial charge in [-0.1, -0.05) is 35.9 Å². The average Bonchev–Trinajstić information content (AvgIpc) is 2.28. The summed E-state index contributed by atoms with van der Waals surface area (Å²) in [5.74, 6) is -3.08. The fourth-order valence-electron chi connectivity index (χ4n) is 1.79. The van der Waals surface area contributed by atoms with Crippen molar-refractivity contribution in [2.75, 3.05) is 0 Å². The van der Waals surface area contributed by atoms with E-state index < -0.39 is 12.3 Å². The van der Waals surface area contributed by atoms with Crippen molar-refractivity contribution in [1.29, 1.82) is 5.26 Å². The lowest BCUT2D eigenvalue weighted by molar-refractivity contribution is 0.00108. The van der Waals surface area contributed by atoms with Crippen molar-refractivity contribution in [3.05, 3.63) is 47.5 Å². The van der Waals surface area contributed by atoms with Crippen LogP contribution in [0.1, 0.15) is 17.5 Å². The number of halogens is 2. The Balaban J connectivity index is 2.52. The van der Waals surface area contributed by atoms with E-state index in [0.29, 0.717) is 0 Å². The van der Waals surface area contributed by atoms with Crippen LogP contribution in [-0.2, 0) is 5.92 Å². The fraction of sp³-hybridized carbons (Fsp3) is 0.214. The topological polar surface area (TPSA) is 23.8 Å². The van der Waals surface area contributed by atoms with Crippen molar-refractivity contribution in [3.63, 3.8) is 0 Å². The molecule has 0 aliphatic heterocycles. The number of nitriles is 1. The molecule has 0 amide bonds. The van der Waals surface area contributed by atoms with Gasteiger partial charge in [0.05, 0.1) is 6.07 Å². The van der Waals surface area contributed by atoms with Gasteiger partial charge in [0.15, 0.2) is 0 Å². The van der Waals surface area contributed by atoms with Gasteiger partial charge in [0, 0.05) is 5.56 Å². The lowest BCUT2D eigenvalue weighted by atomic mass is 10.0. The summed E-state index contributed by atoms with van der Waals surface area (Å²) in [5.41, 5.74) is 0.990. The maximum absolute atomic E-state index is 13.5. The van der Waals surface area contributed by atoms with E-state index in [-0.39, 0.29) is 5.56 Å². The first-order valence-electron chi connectivity index (χ1n) is 5.28. The summed E-state index contributed by atoms with van der Waals surface area (Å²) in [6, 6.07) is 11.7. The molecule has 0 saturated carbocycles. The van der Waals surface area contributed by atoms with Crippen molar-refractivity contribution in [3.8, 4) is 6.07 Å². The standard InChI is InChI=1S/C14H11F2N/c1-10-2-3-12-9-13(5-4-11(12)8-10)14(15,16)6-7-17/h2-5,8-9H,6H2,1H3. The molecule has 2 aromatic rings. The first-order chi connectivity index (χ1) is 8.03. The predicted octanol–water partition coefficient (Wildman–Crippen LogP) is 4.15. The predicted molar refractivity (Wildman–Crippen MR) is 62.8 cm³/mol. The zero-order valence-corrected chi connectivity index (χ0v) is 9.37. The van der Waals surface area contributed by atoms with Crippen LogP contribution in [0.25, 0.3) is 10.8 Å². The summed E-state index contributed by atoms with van der Waals surface area (Å²) in [5, 5.41) is 10.1. The Bertz CT molecular complexity index is 597. The minimum absolute atomic E-state index is 0.101. The molecular formula is C14H11F2N. The highest BCUT2D eigenvalue weighted by Crippen LogP contribution is 2.33. The Kier molecular flexibility index (Phi) is 2.81. The highest BCUT2D eigenvalue weighted by molar-refractivity contribution is 5.83. The van der Waals surface area contributed by atoms with Crippen LogP contribution in [0.5, 0.6) is 0 Å². The summed E-state index contributed by atoms with van der Waals surface area (Å²) in [7, 11) is 0. The molecule has 0 bridgehead atoms. The van der Waals surface area contributed by atoms with E-state index in [2.05, 4.69) is 0 Å². The third-order valence-electron chi connectivity index (χ3n) is 2.72. The quantitative estimate of drug-likeness (QED) is 0.761. The monoisotopic (exact) mass is 231 g/mol. The Morgan fingerprint density at radius 2 is 1.76 bits per heavy atom. The van der Waals surface area contributed by atoms with E-state index in [9.17, 15) is 8.78 Å². The Labute approximate surface area is 98.3 Å². The molecule has 17 heavy (non-hydrogen) atoms. The SMILES string of the molecule is Cc1ccc2cc(C(F)(F)CC#N)ccc2c1. The third kappa shape index (κ3) is 2.26. The van der Waals surface area contributed by atoms with Crippen LogP contribution < -0.4 is 0 Å². The van der Waals surface area contributed by atoms with Crippen molar-refractivity contribution in [1.82, 2.24) is 0 Å². The molecule has 0 spiro atoms. The van der Waals surface area contributed by atoms with E-state index in [1.165, 1.54) is 18.2 Å². The van der Waals surface area contributed by atoms with Crippen molar-refractivity contribution < 1.29 is 8.78 Å². The maximum atomic E-state index is 13.5. The van der Waals surface area contributed by atoms with E-state index in [1.807, 2.05) is 25.1 Å². The van der Waals surface area contributed by atoms with Crippen LogP contribution in [-0.4, -0.2) is 0 Å². The number of fused-ring (bicyclic) bond motifs is 1. The Hall–Kier alpha value is -1.95. The van der Waals surface area contributed by atoms with Gasteiger partial charge >= 0.3 is 0 Å². The van der Waals surface area contributed by atoms with Gasteiger partial charge in [0.1, 0.15) is 6.42 Å². The smallest absolute Gasteiger partial charge is 0.200 e. The minimum Gasteiger partial charge on any atom is -0.200 e. The molecule has 3 heteroatoms. The van der Waals surface area contributed by atoms with E-state index >= 15 is 0 Å². The van der Waals surface area contributed by atoms with E-state index in [0.717, 1.165) is 16.3 Å². The lowest BCUT2D eigenvalue weighted by Crippen LogP contribution is -2.11. The molecule has 86 valence electrons. The number of alkyl halides is 2. The van der Waals surface area contributed by atoms with Gasteiger partial charge in [-0.05, 0) is 23.8 Å². The van der Waals surface area contributed by atoms with Gasteiger partial charge in [-0.3, -0.25) is 0 Å². The average molecular weight is 231 g/mol. The van der Waals surface area contributed by atoms with E-state index in [1.54, 1.807) is 6.07 Å². The number of rotatable bonds is 2. The summed E-state index contributed by atoms with van der Waals surface area (Å²) < 4.78 is 27.1. The number of nitrogens with zero attached hydrogens (tertiary/aromatic N) is 1. The molecule has 0 aliphatic rings. The zero-order chi connectivity index (χ0) is 12.5. The van der Waals surface area contributed by atoms with Gasteiger partial charge in [-0.2, -0.15) is 5.26 Å². The molecule has 0 radical (unpaired) electrons. The first kappa shape index (κ1) is 11.5. The number of aryl methyl sites for hydroxylation is 1. The molecule has 0 aliphatic carbocycles. The number of benzene rings is 2. The van der Waals surface area contributed by atoms with E-state index in [4.69, 9.17) is 5.26 Å². The van der Waals surface area contributed by atoms with Crippen molar-refractivity contribution in [2.45, 2.75) is 19.3 Å². The van der Waals surface area contributed by atoms with Crippen LogP contribution >= 0.6 is 0 Å². The third-order valence-corrected chi connectivity index (χ3v) is 2.72. The Morgan fingerprint density at radius 1 is 1.12 bits per heavy atom. The van der Waals surface area contributed by atoms with Gasteiger partial charge < -0.3 is 0 Å². The van der Waals surface area contributed by atoms with Gasteiger partial charge in [0.25, 0.3) is 5.92 Å². The molecule has 2 aromatic carbocycles. The molecule has 0 atom stereocenters. The highest BCUT2D eigenvalue weighted by Gasteiger charge is 2.31.